The molecule has 0 amide bonds. The van der Waals surface area contributed by atoms with E-state index in [1.807, 2.05) is 6.07 Å². The molecular weight excluding hydrogens is 338 g/mol. The van der Waals surface area contributed by atoms with E-state index in [0.717, 1.165) is 18.3 Å². The number of anilines is 3. The molecule has 0 saturated carbocycles. The summed E-state index contributed by atoms with van der Waals surface area (Å²) in [6, 6.07) is 11.6. The van der Waals surface area contributed by atoms with Crippen LogP contribution in [0.15, 0.2) is 42.5 Å². The number of hydrogen-bond acceptors (Lipinski definition) is 6. The summed E-state index contributed by atoms with van der Waals surface area (Å²) in [5.74, 6) is -1.41. The normalized spacial score (nSPS) is 10.2. The Labute approximate surface area is 147 Å². The van der Waals surface area contributed by atoms with Gasteiger partial charge in [-0.15, -0.1) is 0 Å². The summed E-state index contributed by atoms with van der Waals surface area (Å²) >= 11 is 0. The number of rotatable bonds is 4. The first kappa shape index (κ1) is 17.0. The van der Waals surface area contributed by atoms with Crippen molar-refractivity contribution >= 4 is 23.5 Å². The van der Waals surface area contributed by atoms with E-state index in [0.29, 0.717) is 11.3 Å². The average molecular weight is 350 g/mol. The highest BCUT2D eigenvalue weighted by Gasteiger charge is 2.15. The Kier molecular flexibility index (Phi) is 4.53. The van der Waals surface area contributed by atoms with Crippen LogP contribution < -0.4 is 11.1 Å². The van der Waals surface area contributed by atoms with Gasteiger partial charge in [-0.25, -0.2) is 18.7 Å². The van der Waals surface area contributed by atoms with E-state index in [2.05, 4.69) is 15.3 Å². The zero-order chi connectivity index (χ0) is 18.7. The fraction of sp³-hybridized carbons (Fsp3) is 0. The molecule has 128 valence electrons. The van der Waals surface area contributed by atoms with Crippen molar-refractivity contribution in [2.75, 3.05) is 11.1 Å². The minimum Gasteiger partial charge on any atom is -0.383 e. The van der Waals surface area contributed by atoms with Crippen LogP contribution in [0.1, 0.15) is 11.1 Å². The third-order valence-electron chi connectivity index (χ3n) is 3.57. The van der Waals surface area contributed by atoms with Gasteiger partial charge in [0.1, 0.15) is 23.3 Å². The van der Waals surface area contributed by atoms with Crippen LogP contribution in [-0.4, -0.2) is 16.2 Å². The predicted molar refractivity (Wildman–Crippen MR) is 94.1 cm³/mol. The molecular formula is C18H12F2N6. The Balaban J connectivity index is 2.07. The number of nitrogen functional groups attached to an aromatic ring is 1. The van der Waals surface area contributed by atoms with Crippen molar-refractivity contribution in [1.29, 1.82) is 10.7 Å². The van der Waals surface area contributed by atoms with Gasteiger partial charge in [0.2, 0.25) is 0 Å². The molecule has 26 heavy (non-hydrogen) atoms. The van der Waals surface area contributed by atoms with E-state index in [1.54, 1.807) is 24.3 Å². The number of hydrogen-bond donors (Lipinski definition) is 3. The zero-order valence-electron chi connectivity index (χ0n) is 13.3. The zero-order valence-corrected chi connectivity index (χ0v) is 13.3. The van der Waals surface area contributed by atoms with Crippen LogP contribution in [0.25, 0.3) is 11.4 Å². The van der Waals surface area contributed by atoms with Crippen molar-refractivity contribution in [1.82, 2.24) is 9.97 Å². The maximum atomic E-state index is 14.0. The van der Waals surface area contributed by atoms with E-state index in [-0.39, 0.29) is 28.6 Å². The molecule has 0 aliphatic heterocycles. The van der Waals surface area contributed by atoms with E-state index < -0.39 is 11.6 Å². The molecule has 2 aromatic carbocycles. The van der Waals surface area contributed by atoms with Crippen LogP contribution in [0.3, 0.4) is 0 Å². The average Bonchev–Trinajstić information content (AvgIpc) is 2.62. The van der Waals surface area contributed by atoms with Crippen molar-refractivity contribution in [3.05, 3.63) is 65.2 Å². The van der Waals surface area contributed by atoms with Crippen molar-refractivity contribution in [3.8, 4) is 17.5 Å². The largest absolute Gasteiger partial charge is 0.383 e. The molecule has 0 unspecified atom stereocenters. The Morgan fingerprint density at radius 1 is 1.12 bits per heavy atom. The molecule has 0 fully saturated rings. The number of halogens is 2. The van der Waals surface area contributed by atoms with Gasteiger partial charge in [-0.1, -0.05) is 0 Å². The number of aromatic nitrogens is 2. The smallest absolute Gasteiger partial charge is 0.166 e. The highest BCUT2D eigenvalue weighted by atomic mass is 19.1. The quantitative estimate of drug-likeness (QED) is 0.622. The number of nitrogens with two attached hydrogens (primary N) is 1. The molecule has 8 heteroatoms. The van der Waals surface area contributed by atoms with Crippen LogP contribution in [0.2, 0.25) is 0 Å². The molecule has 1 aromatic heterocycles. The summed E-state index contributed by atoms with van der Waals surface area (Å²) < 4.78 is 27.2. The standard InChI is InChI=1S/C18H12F2N6/c19-11-3-6-13(15(20)7-11)17-25-16(23)14(9-22)18(26-17)24-12-4-1-10(8-21)2-5-12/h1-7,9,22H,(H3,23,24,25,26). The van der Waals surface area contributed by atoms with E-state index >= 15 is 0 Å². The lowest BCUT2D eigenvalue weighted by atomic mass is 10.1. The molecule has 0 spiro atoms. The van der Waals surface area contributed by atoms with Gasteiger partial charge >= 0.3 is 0 Å². The van der Waals surface area contributed by atoms with Gasteiger partial charge < -0.3 is 16.5 Å². The minimum atomic E-state index is -0.823. The van der Waals surface area contributed by atoms with Crippen molar-refractivity contribution < 1.29 is 8.78 Å². The Morgan fingerprint density at radius 3 is 2.46 bits per heavy atom. The molecule has 0 saturated heterocycles. The van der Waals surface area contributed by atoms with Gasteiger partial charge in [-0.2, -0.15) is 5.26 Å². The number of nitriles is 1. The first-order chi connectivity index (χ1) is 12.5. The lowest BCUT2D eigenvalue weighted by molar-refractivity contribution is 0.585. The fourth-order valence-corrected chi connectivity index (χ4v) is 2.28. The van der Waals surface area contributed by atoms with Crippen LogP contribution >= 0.6 is 0 Å². The highest BCUT2D eigenvalue weighted by Crippen LogP contribution is 2.27. The Bertz CT molecular complexity index is 1030. The first-order valence-electron chi connectivity index (χ1n) is 7.42. The number of nitrogens with one attached hydrogen (secondary N) is 2. The highest BCUT2D eigenvalue weighted by molar-refractivity contribution is 5.92. The third kappa shape index (κ3) is 3.32. The van der Waals surface area contributed by atoms with Crippen molar-refractivity contribution in [2.45, 2.75) is 0 Å². The van der Waals surface area contributed by atoms with Crippen LogP contribution in [0.5, 0.6) is 0 Å². The summed E-state index contributed by atoms with van der Waals surface area (Å²) in [5.41, 5.74) is 7.15. The molecule has 0 bridgehead atoms. The van der Waals surface area contributed by atoms with Crippen molar-refractivity contribution in [2.24, 2.45) is 0 Å². The molecule has 0 aliphatic rings. The summed E-state index contributed by atoms with van der Waals surface area (Å²) in [6.07, 6.45) is 0.978. The number of benzene rings is 2. The Morgan fingerprint density at radius 2 is 1.85 bits per heavy atom. The fourth-order valence-electron chi connectivity index (χ4n) is 2.28. The maximum Gasteiger partial charge on any atom is 0.166 e. The monoisotopic (exact) mass is 350 g/mol. The van der Waals surface area contributed by atoms with Crippen LogP contribution in [0, 0.1) is 28.4 Å². The summed E-state index contributed by atoms with van der Waals surface area (Å²) in [6.45, 7) is 0. The second-order valence-corrected chi connectivity index (χ2v) is 5.28. The van der Waals surface area contributed by atoms with E-state index in [9.17, 15) is 8.78 Å². The lowest BCUT2D eigenvalue weighted by Gasteiger charge is -2.12. The first-order valence-corrected chi connectivity index (χ1v) is 7.42. The Hall–Kier alpha value is -3.86. The predicted octanol–water partition coefficient (Wildman–Crippen LogP) is 3.62. The number of nitrogens with zero attached hydrogens (tertiary/aromatic N) is 3. The summed E-state index contributed by atoms with van der Waals surface area (Å²) in [5, 5.41) is 19.3. The van der Waals surface area contributed by atoms with E-state index in [1.165, 1.54) is 6.07 Å². The van der Waals surface area contributed by atoms with Gasteiger partial charge in [-0.3, -0.25) is 0 Å². The molecule has 3 aromatic rings. The molecule has 0 radical (unpaired) electrons. The topological polar surface area (TPSA) is 111 Å². The van der Waals surface area contributed by atoms with E-state index in [4.69, 9.17) is 16.4 Å². The second kappa shape index (κ2) is 6.94. The van der Waals surface area contributed by atoms with Gasteiger partial charge in [0, 0.05) is 18.0 Å². The molecule has 0 aliphatic carbocycles. The van der Waals surface area contributed by atoms with Gasteiger partial charge in [0.15, 0.2) is 5.82 Å². The van der Waals surface area contributed by atoms with Gasteiger partial charge in [0.25, 0.3) is 0 Å². The third-order valence-corrected chi connectivity index (χ3v) is 3.57. The molecule has 6 nitrogen and oxygen atoms in total. The van der Waals surface area contributed by atoms with Crippen LogP contribution in [-0.2, 0) is 0 Å². The molecule has 0 atom stereocenters. The van der Waals surface area contributed by atoms with Crippen LogP contribution in [0.4, 0.5) is 26.1 Å². The molecule has 4 N–H and O–H groups in total. The summed E-state index contributed by atoms with van der Waals surface area (Å²) in [7, 11) is 0. The van der Waals surface area contributed by atoms with Crippen molar-refractivity contribution in [3.63, 3.8) is 0 Å². The van der Waals surface area contributed by atoms with Gasteiger partial charge in [0.05, 0.1) is 22.8 Å². The molecule has 1 heterocycles. The molecule has 3 rings (SSSR count). The maximum absolute atomic E-state index is 14.0. The second-order valence-electron chi connectivity index (χ2n) is 5.28. The summed E-state index contributed by atoms with van der Waals surface area (Å²) in [4.78, 5) is 8.23. The van der Waals surface area contributed by atoms with Gasteiger partial charge in [-0.05, 0) is 36.4 Å². The minimum absolute atomic E-state index is 0.0162. The SMILES string of the molecule is N#Cc1ccc(Nc2nc(-c3ccc(F)cc3F)nc(N)c2C=N)cc1. The lowest BCUT2D eigenvalue weighted by Crippen LogP contribution is -2.07.